The van der Waals surface area contributed by atoms with Gasteiger partial charge in [-0.25, -0.2) is 0 Å². The van der Waals surface area contributed by atoms with E-state index in [-0.39, 0.29) is 5.57 Å². The quantitative estimate of drug-likeness (QED) is 0.201. The molecule has 0 spiro atoms. The first kappa shape index (κ1) is 25.3. The highest BCUT2D eigenvalue weighted by molar-refractivity contribution is 7.29. The van der Waals surface area contributed by atoms with Crippen molar-refractivity contribution in [3.63, 3.8) is 0 Å². The number of nitriles is 2. The summed E-state index contributed by atoms with van der Waals surface area (Å²) in [5, 5.41) is 20.8. The van der Waals surface area contributed by atoms with E-state index in [0.29, 0.717) is 0 Å². The summed E-state index contributed by atoms with van der Waals surface area (Å²) in [4.78, 5) is 4.59. The predicted octanol–water partition coefficient (Wildman–Crippen LogP) is 10.9. The maximum atomic E-state index is 9.14. The molecule has 1 aliphatic heterocycles. The lowest BCUT2D eigenvalue weighted by Gasteiger charge is -2.34. The van der Waals surface area contributed by atoms with Gasteiger partial charge in [-0.1, -0.05) is 36.4 Å². The first-order chi connectivity index (χ1) is 19.9. The molecule has 3 heterocycles. The second-order valence-corrected chi connectivity index (χ2v) is 12.9. The van der Waals surface area contributed by atoms with Crippen LogP contribution in [0.4, 0.5) is 17.1 Å². The zero-order valence-electron chi connectivity index (χ0n) is 23.2. The highest BCUT2D eigenvalue weighted by Gasteiger charge is 2.28. The monoisotopic (exact) mass is 563 g/mol. The van der Waals surface area contributed by atoms with Crippen molar-refractivity contribution < 1.29 is 0 Å². The number of benzene rings is 4. The summed E-state index contributed by atoms with van der Waals surface area (Å²) >= 11 is 3.37. The molecule has 4 aromatic carbocycles. The van der Waals surface area contributed by atoms with E-state index in [0.717, 1.165) is 4.88 Å². The highest BCUT2D eigenvalue weighted by atomic mass is 32.1. The van der Waals surface area contributed by atoms with E-state index in [2.05, 4.69) is 105 Å². The molecule has 0 unspecified atom stereocenters. The van der Waals surface area contributed by atoms with Gasteiger partial charge in [0.25, 0.3) is 0 Å². The lowest BCUT2D eigenvalue weighted by Crippen LogP contribution is -2.16. The fraction of sp³-hybridized carbons (Fsp3) is 0.111. The summed E-state index contributed by atoms with van der Waals surface area (Å²) < 4.78 is 2.33. The number of hydrogen-bond donors (Lipinski definition) is 0. The Kier molecular flexibility index (Phi) is 5.84. The van der Waals surface area contributed by atoms with Crippen LogP contribution in [0.2, 0.25) is 0 Å². The Morgan fingerprint density at radius 3 is 2.20 bits per heavy atom. The zero-order valence-corrected chi connectivity index (χ0v) is 24.8. The van der Waals surface area contributed by atoms with Crippen molar-refractivity contribution in [2.24, 2.45) is 0 Å². The molecule has 41 heavy (non-hydrogen) atoms. The normalized spacial score (nSPS) is 11.8. The van der Waals surface area contributed by atoms with E-state index >= 15 is 0 Å². The molecule has 0 atom stereocenters. The molecule has 0 aliphatic carbocycles. The van der Waals surface area contributed by atoms with Crippen LogP contribution in [-0.2, 0) is 0 Å². The Morgan fingerprint density at radius 1 is 0.732 bits per heavy atom. The number of rotatable bonds is 3. The third-order valence-corrected chi connectivity index (χ3v) is 10.4. The zero-order chi connectivity index (χ0) is 28.4. The minimum absolute atomic E-state index is 0.127. The number of fused-ring (bicyclic) bond motifs is 3. The van der Waals surface area contributed by atoms with Gasteiger partial charge in [0.15, 0.2) is 0 Å². The number of aryl methyl sites for hydroxylation is 3. The predicted molar refractivity (Wildman–Crippen MR) is 174 cm³/mol. The highest BCUT2D eigenvalue weighted by Crippen LogP contribution is 2.53. The van der Waals surface area contributed by atoms with Crippen LogP contribution in [0.1, 0.15) is 27.1 Å². The molecule has 0 bridgehead atoms. The van der Waals surface area contributed by atoms with Crippen molar-refractivity contribution in [3.8, 4) is 33.7 Å². The van der Waals surface area contributed by atoms with Crippen LogP contribution >= 0.6 is 22.7 Å². The molecule has 0 saturated carbocycles. The third kappa shape index (κ3) is 3.98. The summed E-state index contributed by atoms with van der Waals surface area (Å²) in [6.07, 6.45) is 1.67. The van der Waals surface area contributed by atoms with Gasteiger partial charge in [-0.05, 0) is 109 Å². The van der Waals surface area contributed by atoms with Crippen molar-refractivity contribution >= 4 is 66.0 Å². The van der Waals surface area contributed by atoms with Crippen molar-refractivity contribution in [3.05, 3.63) is 106 Å². The molecule has 2 aromatic heterocycles. The van der Waals surface area contributed by atoms with E-state index in [4.69, 9.17) is 10.5 Å². The van der Waals surface area contributed by atoms with E-state index in [1.165, 1.54) is 81.1 Å². The smallest absolute Gasteiger partial charge is 0.131 e. The van der Waals surface area contributed by atoms with Crippen LogP contribution in [0.3, 0.4) is 0 Å². The lowest BCUT2D eigenvalue weighted by molar-refractivity contribution is 1.21. The Hall–Kier alpha value is -4.68. The van der Waals surface area contributed by atoms with Gasteiger partial charge in [-0.2, -0.15) is 10.5 Å². The van der Waals surface area contributed by atoms with Crippen molar-refractivity contribution in [2.45, 2.75) is 27.7 Å². The second kappa shape index (κ2) is 9.46. The van der Waals surface area contributed by atoms with Gasteiger partial charge in [0, 0.05) is 35.8 Å². The fourth-order valence-corrected chi connectivity index (χ4v) is 8.30. The van der Waals surface area contributed by atoms with E-state index in [9.17, 15) is 0 Å². The molecular formula is C36H25N3S2. The second-order valence-electron chi connectivity index (χ2n) is 10.7. The van der Waals surface area contributed by atoms with Gasteiger partial charge in [-0.3, -0.25) is 0 Å². The van der Waals surface area contributed by atoms with Crippen molar-refractivity contribution in [1.29, 1.82) is 10.5 Å². The summed E-state index contributed by atoms with van der Waals surface area (Å²) in [5.74, 6) is 0. The Balaban J connectivity index is 1.45. The Morgan fingerprint density at radius 2 is 1.46 bits per heavy atom. The van der Waals surface area contributed by atoms with Crippen molar-refractivity contribution in [2.75, 3.05) is 4.90 Å². The van der Waals surface area contributed by atoms with Crippen LogP contribution in [-0.4, -0.2) is 0 Å². The Labute approximate surface area is 247 Å². The summed E-state index contributed by atoms with van der Waals surface area (Å²) in [6, 6.07) is 30.9. The molecule has 0 N–H and O–H groups in total. The van der Waals surface area contributed by atoms with E-state index in [1.807, 2.05) is 12.1 Å². The average molecular weight is 564 g/mol. The summed E-state index contributed by atoms with van der Waals surface area (Å²) in [7, 11) is 0. The molecule has 5 heteroatoms. The van der Waals surface area contributed by atoms with Gasteiger partial charge in [0.1, 0.15) is 17.7 Å². The van der Waals surface area contributed by atoms with E-state index in [1.54, 1.807) is 28.7 Å². The van der Waals surface area contributed by atoms with Crippen LogP contribution in [0, 0.1) is 50.4 Å². The first-order valence-corrected chi connectivity index (χ1v) is 15.1. The number of nitrogens with zero attached hydrogens (tertiary/aromatic N) is 3. The molecule has 0 fully saturated rings. The molecule has 6 aromatic rings. The van der Waals surface area contributed by atoms with Gasteiger partial charge in [-0.15, -0.1) is 22.7 Å². The number of thiophene rings is 2. The molecule has 196 valence electrons. The Bertz CT molecular complexity index is 2110. The maximum absolute atomic E-state index is 9.14. The minimum Gasteiger partial charge on any atom is -0.309 e. The fourth-order valence-electron chi connectivity index (χ4n) is 5.91. The minimum atomic E-state index is 0.127. The van der Waals surface area contributed by atoms with Crippen molar-refractivity contribution in [1.82, 2.24) is 0 Å². The summed E-state index contributed by atoms with van der Waals surface area (Å²) in [5.41, 5.74) is 12.6. The number of anilines is 3. The third-order valence-electron chi connectivity index (χ3n) is 8.13. The van der Waals surface area contributed by atoms with E-state index < -0.39 is 0 Å². The first-order valence-electron chi connectivity index (χ1n) is 13.5. The SMILES string of the molecule is Cc1ccc2c(c1)N(c1cc(C)c(C)c(C)c1)c1ccc(-c3cc4sc(C=C(C#N)C#N)cc4s3)c3cccc-2c13. The van der Waals surface area contributed by atoms with Crippen LogP contribution < -0.4 is 4.90 Å². The molecule has 0 amide bonds. The van der Waals surface area contributed by atoms with Crippen LogP contribution in [0.15, 0.2) is 78.4 Å². The summed E-state index contributed by atoms with van der Waals surface area (Å²) in [6.45, 7) is 8.76. The molecule has 0 radical (unpaired) electrons. The average Bonchev–Trinajstić information content (AvgIpc) is 3.53. The maximum Gasteiger partial charge on any atom is 0.131 e. The lowest BCUT2D eigenvalue weighted by atomic mass is 9.88. The topological polar surface area (TPSA) is 50.8 Å². The molecule has 0 saturated heterocycles. The molecule has 7 rings (SSSR count). The van der Waals surface area contributed by atoms with Gasteiger partial charge in [0.2, 0.25) is 0 Å². The van der Waals surface area contributed by atoms with Gasteiger partial charge >= 0.3 is 0 Å². The van der Waals surface area contributed by atoms with Gasteiger partial charge in [0.05, 0.1) is 11.4 Å². The molecular weight excluding hydrogens is 539 g/mol. The van der Waals surface area contributed by atoms with Gasteiger partial charge < -0.3 is 4.90 Å². The number of allylic oxidation sites excluding steroid dienone is 1. The largest absolute Gasteiger partial charge is 0.309 e. The van der Waals surface area contributed by atoms with Crippen LogP contribution in [0.25, 0.3) is 47.8 Å². The van der Waals surface area contributed by atoms with Crippen LogP contribution in [0.5, 0.6) is 0 Å². The molecule has 1 aliphatic rings. The molecule has 3 nitrogen and oxygen atoms in total. The standard InChI is InChI=1S/C36H25N3S2/c1-20-8-9-27-29-6-5-7-30-28(33-17-35-34(41-33)16-26(40-35)15-24(18-37)19-38)10-11-31(36(29)30)39(32(27)12-20)25-13-21(2)23(4)22(3)14-25/h5-17H,1-4H3. The number of hydrogen-bond acceptors (Lipinski definition) is 5.